The van der Waals surface area contributed by atoms with Gasteiger partial charge in [-0.05, 0) is 55.3 Å². The second-order valence-electron chi connectivity index (χ2n) is 4.81. The molecule has 2 unspecified atom stereocenters. The Bertz CT molecular complexity index is 388. The Balaban J connectivity index is 2.23. The van der Waals surface area contributed by atoms with E-state index in [0.29, 0.717) is 6.04 Å². The molecule has 2 atom stereocenters. The molecule has 3 heteroatoms. The number of aryl methyl sites for hydroxylation is 1. The third-order valence-electron chi connectivity index (χ3n) is 3.57. The smallest absolute Gasteiger partial charge is 0.119 e. The number of hydrogen-bond donors (Lipinski definition) is 1. The zero-order valence-electron chi connectivity index (χ0n) is 11.5. The summed E-state index contributed by atoms with van der Waals surface area (Å²) in [6, 6.07) is 6.92. The van der Waals surface area contributed by atoms with Crippen molar-refractivity contribution in [3.8, 4) is 5.75 Å². The van der Waals surface area contributed by atoms with Crippen LogP contribution in [0, 0.1) is 6.92 Å². The van der Waals surface area contributed by atoms with Crippen molar-refractivity contribution in [2.45, 2.75) is 38.0 Å². The predicted molar refractivity (Wildman–Crippen MR) is 79.6 cm³/mol. The summed E-state index contributed by atoms with van der Waals surface area (Å²) >= 11 is 2.11. The monoisotopic (exact) mass is 265 g/mol. The van der Waals surface area contributed by atoms with Gasteiger partial charge in [0.25, 0.3) is 0 Å². The summed E-state index contributed by atoms with van der Waals surface area (Å²) in [5, 5.41) is 4.38. The van der Waals surface area contributed by atoms with Crippen LogP contribution in [0.1, 0.15) is 36.9 Å². The molecule has 1 saturated heterocycles. The standard InChI is InChI=1S/C15H23NOS/c1-4-16-15(14-6-5-9-18-14)13-8-7-12(17-3)10-11(13)2/h7-8,10,14-16H,4-6,9H2,1-3H3. The van der Waals surface area contributed by atoms with Crippen molar-refractivity contribution >= 4 is 11.8 Å². The van der Waals surface area contributed by atoms with Gasteiger partial charge in [-0.15, -0.1) is 0 Å². The van der Waals surface area contributed by atoms with E-state index in [1.54, 1.807) is 7.11 Å². The van der Waals surface area contributed by atoms with E-state index in [1.807, 2.05) is 0 Å². The molecule has 100 valence electrons. The Morgan fingerprint density at radius 3 is 2.89 bits per heavy atom. The average Bonchev–Trinajstić information content (AvgIpc) is 2.90. The van der Waals surface area contributed by atoms with Crippen LogP contribution in [0.2, 0.25) is 0 Å². The van der Waals surface area contributed by atoms with Crippen molar-refractivity contribution in [2.24, 2.45) is 0 Å². The number of hydrogen-bond acceptors (Lipinski definition) is 3. The van der Waals surface area contributed by atoms with Crippen LogP contribution >= 0.6 is 11.8 Å². The lowest BCUT2D eigenvalue weighted by Crippen LogP contribution is -2.29. The van der Waals surface area contributed by atoms with Crippen LogP contribution in [0.5, 0.6) is 5.75 Å². The minimum atomic E-state index is 0.480. The van der Waals surface area contributed by atoms with Gasteiger partial charge in [0.05, 0.1) is 7.11 Å². The lowest BCUT2D eigenvalue weighted by Gasteiger charge is -2.26. The van der Waals surface area contributed by atoms with E-state index >= 15 is 0 Å². The first-order valence-electron chi connectivity index (χ1n) is 6.75. The molecule has 1 aromatic rings. The van der Waals surface area contributed by atoms with Gasteiger partial charge in [-0.25, -0.2) is 0 Å². The number of benzene rings is 1. The third kappa shape index (κ3) is 3.01. The summed E-state index contributed by atoms with van der Waals surface area (Å²) in [4.78, 5) is 0. The van der Waals surface area contributed by atoms with Crippen LogP contribution in [0.3, 0.4) is 0 Å². The van der Waals surface area contributed by atoms with E-state index in [4.69, 9.17) is 4.74 Å². The summed E-state index contributed by atoms with van der Waals surface area (Å²) in [6.07, 6.45) is 2.68. The van der Waals surface area contributed by atoms with Gasteiger partial charge in [-0.1, -0.05) is 13.0 Å². The van der Waals surface area contributed by atoms with Gasteiger partial charge >= 0.3 is 0 Å². The van der Waals surface area contributed by atoms with E-state index in [9.17, 15) is 0 Å². The van der Waals surface area contributed by atoms with Crippen molar-refractivity contribution < 1.29 is 4.74 Å². The van der Waals surface area contributed by atoms with E-state index < -0.39 is 0 Å². The second-order valence-corrected chi connectivity index (χ2v) is 6.16. The molecule has 0 bridgehead atoms. The number of rotatable bonds is 5. The minimum absolute atomic E-state index is 0.480. The normalized spacial score (nSPS) is 20.9. The highest BCUT2D eigenvalue weighted by molar-refractivity contribution is 8.00. The zero-order chi connectivity index (χ0) is 13.0. The van der Waals surface area contributed by atoms with Crippen molar-refractivity contribution in [3.05, 3.63) is 29.3 Å². The Morgan fingerprint density at radius 1 is 1.50 bits per heavy atom. The Labute approximate surface area is 114 Å². The highest BCUT2D eigenvalue weighted by Gasteiger charge is 2.27. The van der Waals surface area contributed by atoms with Crippen molar-refractivity contribution in [1.29, 1.82) is 0 Å². The van der Waals surface area contributed by atoms with Gasteiger partial charge < -0.3 is 10.1 Å². The molecule has 1 fully saturated rings. The Kier molecular flexibility index (Phi) is 4.95. The molecule has 2 nitrogen and oxygen atoms in total. The fourth-order valence-corrected chi connectivity index (χ4v) is 4.06. The number of ether oxygens (including phenoxy) is 1. The van der Waals surface area contributed by atoms with Crippen LogP contribution in [0.15, 0.2) is 18.2 Å². The van der Waals surface area contributed by atoms with Crippen LogP contribution in [0.4, 0.5) is 0 Å². The molecule has 1 heterocycles. The van der Waals surface area contributed by atoms with Gasteiger partial charge in [0.1, 0.15) is 5.75 Å². The van der Waals surface area contributed by atoms with Crippen molar-refractivity contribution in [1.82, 2.24) is 5.32 Å². The first-order chi connectivity index (χ1) is 8.76. The molecule has 0 saturated carbocycles. The molecule has 1 aliphatic heterocycles. The second kappa shape index (κ2) is 6.48. The van der Waals surface area contributed by atoms with E-state index in [0.717, 1.165) is 17.5 Å². The van der Waals surface area contributed by atoms with Gasteiger partial charge in [0.2, 0.25) is 0 Å². The van der Waals surface area contributed by atoms with E-state index in [1.165, 1.54) is 29.7 Å². The van der Waals surface area contributed by atoms with Crippen LogP contribution in [-0.2, 0) is 0 Å². The lowest BCUT2D eigenvalue weighted by molar-refractivity contribution is 0.413. The first-order valence-corrected chi connectivity index (χ1v) is 7.80. The van der Waals surface area contributed by atoms with Gasteiger partial charge in [-0.2, -0.15) is 11.8 Å². The predicted octanol–water partition coefficient (Wildman–Crippen LogP) is 3.55. The fourth-order valence-electron chi connectivity index (χ4n) is 2.65. The summed E-state index contributed by atoms with van der Waals surface area (Å²) in [7, 11) is 1.73. The zero-order valence-corrected chi connectivity index (χ0v) is 12.3. The molecule has 0 spiro atoms. The summed E-state index contributed by atoms with van der Waals surface area (Å²) < 4.78 is 5.29. The molecule has 2 rings (SSSR count). The quantitative estimate of drug-likeness (QED) is 0.879. The molecule has 18 heavy (non-hydrogen) atoms. The molecular formula is C15H23NOS. The maximum absolute atomic E-state index is 5.29. The van der Waals surface area contributed by atoms with Crippen LogP contribution in [0.25, 0.3) is 0 Å². The molecule has 0 radical (unpaired) electrons. The topological polar surface area (TPSA) is 21.3 Å². The lowest BCUT2D eigenvalue weighted by atomic mass is 9.96. The summed E-state index contributed by atoms with van der Waals surface area (Å²) in [5.74, 6) is 2.26. The Morgan fingerprint density at radius 2 is 2.33 bits per heavy atom. The first kappa shape index (κ1) is 13.8. The average molecular weight is 265 g/mol. The minimum Gasteiger partial charge on any atom is -0.497 e. The fraction of sp³-hybridized carbons (Fsp3) is 0.600. The van der Waals surface area contributed by atoms with Crippen LogP contribution < -0.4 is 10.1 Å². The largest absolute Gasteiger partial charge is 0.497 e. The van der Waals surface area contributed by atoms with Crippen molar-refractivity contribution in [2.75, 3.05) is 19.4 Å². The molecule has 1 aliphatic rings. The Hall–Kier alpha value is -0.670. The molecular weight excluding hydrogens is 242 g/mol. The maximum atomic E-state index is 5.29. The maximum Gasteiger partial charge on any atom is 0.119 e. The molecule has 1 aromatic carbocycles. The third-order valence-corrected chi connectivity index (χ3v) is 5.03. The molecule has 0 amide bonds. The number of methoxy groups -OCH3 is 1. The highest BCUT2D eigenvalue weighted by Crippen LogP contribution is 2.37. The van der Waals surface area contributed by atoms with Gasteiger partial charge in [-0.3, -0.25) is 0 Å². The number of thioether (sulfide) groups is 1. The van der Waals surface area contributed by atoms with Crippen molar-refractivity contribution in [3.63, 3.8) is 0 Å². The summed E-state index contributed by atoms with van der Waals surface area (Å²) in [5.41, 5.74) is 2.75. The SMILES string of the molecule is CCNC(c1ccc(OC)cc1C)C1CCCS1. The summed E-state index contributed by atoms with van der Waals surface area (Å²) in [6.45, 7) is 5.39. The molecule has 0 aromatic heterocycles. The highest BCUT2D eigenvalue weighted by atomic mass is 32.2. The van der Waals surface area contributed by atoms with Gasteiger partial charge in [0.15, 0.2) is 0 Å². The molecule has 1 N–H and O–H groups in total. The van der Waals surface area contributed by atoms with E-state index in [-0.39, 0.29) is 0 Å². The number of nitrogens with one attached hydrogen (secondary N) is 1. The van der Waals surface area contributed by atoms with Crippen LogP contribution in [-0.4, -0.2) is 24.7 Å². The van der Waals surface area contributed by atoms with E-state index in [2.05, 4.69) is 49.1 Å². The van der Waals surface area contributed by atoms with Gasteiger partial charge in [0, 0.05) is 11.3 Å². The molecule has 0 aliphatic carbocycles.